The third-order valence-corrected chi connectivity index (χ3v) is 1.95. The number of methoxy groups -OCH3 is 1. The van der Waals surface area contributed by atoms with E-state index in [1.54, 1.807) is 13.8 Å². The Balaban J connectivity index is 3.10. The summed E-state index contributed by atoms with van der Waals surface area (Å²) in [6.45, 7) is 3.57. The minimum atomic E-state index is -0.473. The van der Waals surface area contributed by atoms with Gasteiger partial charge in [0.25, 0.3) is 0 Å². The first-order valence-electron chi connectivity index (χ1n) is 4.61. The molecule has 1 rings (SSSR count). The zero-order chi connectivity index (χ0) is 11.4. The van der Waals surface area contributed by atoms with Gasteiger partial charge in [0.15, 0.2) is 11.6 Å². The van der Waals surface area contributed by atoms with Gasteiger partial charge in [0, 0.05) is 0 Å². The molecular formula is C11H13FO3. The Hall–Kier alpha value is -1.58. The molecule has 0 aliphatic heterocycles. The molecule has 15 heavy (non-hydrogen) atoms. The molecule has 0 aliphatic rings. The SMILES string of the molecule is CCOC(=O)c1cc(C)c(F)c(OC)c1. The largest absolute Gasteiger partial charge is 0.494 e. The van der Waals surface area contributed by atoms with Crippen LogP contribution < -0.4 is 4.74 Å². The first-order valence-corrected chi connectivity index (χ1v) is 4.61. The van der Waals surface area contributed by atoms with Crippen molar-refractivity contribution in [2.45, 2.75) is 13.8 Å². The van der Waals surface area contributed by atoms with E-state index in [2.05, 4.69) is 0 Å². The van der Waals surface area contributed by atoms with E-state index in [9.17, 15) is 9.18 Å². The van der Waals surface area contributed by atoms with Gasteiger partial charge >= 0.3 is 5.97 Å². The lowest BCUT2D eigenvalue weighted by molar-refractivity contribution is 0.0525. The zero-order valence-electron chi connectivity index (χ0n) is 8.96. The maximum atomic E-state index is 13.4. The van der Waals surface area contributed by atoms with Crippen molar-refractivity contribution >= 4 is 5.97 Å². The minimum Gasteiger partial charge on any atom is -0.494 e. The van der Waals surface area contributed by atoms with E-state index >= 15 is 0 Å². The van der Waals surface area contributed by atoms with Gasteiger partial charge < -0.3 is 9.47 Å². The van der Waals surface area contributed by atoms with E-state index in [1.807, 2.05) is 0 Å². The molecule has 0 spiro atoms. The second-order valence-corrected chi connectivity index (χ2v) is 3.03. The van der Waals surface area contributed by atoms with Gasteiger partial charge in [-0.05, 0) is 31.5 Å². The number of hydrogen-bond acceptors (Lipinski definition) is 3. The monoisotopic (exact) mass is 212 g/mol. The third-order valence-electron chi connectivity index (χ3n) is 1.95. The Kier molecular flexibility index (Phi) is 3.66. The molecule has 0 amide bonds. The van der Waals surface area contributed by atoms with Crippen molar-refractivity contribution in [1.82, 2.24) is 0 Å². The molecule has 0 aromatic heterocycles. The van der Waals surface area contributed by atoms with Gasteiger partial charge in [-0.25, -0.2) is 9.18 Å². The van der Waals surface area contributed by atoms with Crippen molar-refractivity contribution in [2.24, 2.45) is 0 Å². The molecule has 0 aliphatic carbocycles. The predicted octanol–water partition coefficient (Wildman–Crippen LogP) is 2.32. The van der Waals surface area contributed by atoms with Crippen LogP contribution in [-0.2, 0) is 4.74 Å². The summed E-state index contributed by atoms with van der Waals surface area (Å²) >= 11 is 0. The lowest BCUT2D eigenvalue weighted by atomic mass is 10.1. The molecule has 0 saturated carbocycles. The van der Waals surface area contributed by atoms with Gasteiger partial charge in [0.1, 0.15) is 0 Å². The summed E-state index contributed by atoms with van der Waals surface area (Å²) in [5, 5.41) is 0. The highest BCUT2D eigenvalue weighted by molar-refractivity contribution is 5.90. The topological polar surface area (TPSA) is 35.5 Å². The van der Waals surface area contributed by atoms with Crippen LogP contribution >= 0.6 is 0 Å². The van der Waals surface area contributed by atoms with E-state index in [0.29, 0.717) is 11.1 Å². The van der Waals surface area contributed by atoms with Gasteiger partial charge in [-0.15, -0.1) is 0 Å². The predicted molar refractivity (Wildman–Crippen MR) is 53.6 cm³/mol. The van der Waals surface area contributed by atoms with Gasteiger partial charge in [0.2, 0.25) is 0 Å². The van der Waals surface area contributed by atoms with Crippen molar-refractivity contribution in [2.75, 3.05) is 13.7 Å². The third kappa shape index (κ3) is 2.46. The highest BCUT2D eigenvalue weighted by Gasteiger charge is 2.13. The van der Waals surface area contributed by atoms with Gasteiger partial charge in [-0.2, -0.15) is 0 Å². The van der Waals surface area contributed by atoms with Crippen molar-refractivity contribution in [3.8, 4) is 5.75 Å². The van der Waals surface area contributed by atoms with Gasteiger partial charge in [-0.3, -0.25) is 0 Å². The first kappa shape index (κ1) is 11.5. The number of carbonyl (C=O) groups excluding carboxylic acids is 1. The Morgan fingerprint density at radius 3 is 2.67 bits per heavy atom. The number of aryl methyl sites for hydroxylation is 1. The Morgan fingerprint density at radius 1 is 1.47 bits per heavy atom. The maximum absolute atomic E-state index is 13.4. The quantitative estimate of drug-likeness (QED) is 0.721. The van der Waals surface area contributed by atoms with Crippen LogP contribution in [0.3, 0.4) is 0 Å². The molecule has 0 N–H and O–H groups in total. The molecule has 0 unspecified atom stereocenters. The maximum Gasteiger partial charge on any atom is 0.338 e. The summed E-state index contributed by atoms with van der Waals surface area (Å²) in [7, 11) is 1.35. The van der Waals surface area contributed by atoms with Crippen LogP contribution in [0.25, 0.3) is 0 Å². The van der Waals surface area contributed by atoms with Gasteiger partial charge in [-0.1, -0.05) is 0 Å². The van der Waals surface area contributed by atoms with Crippen LogP contribution in [0.1, 0.15) is 22.8 Å². The number of carbonyl (C=O) groups is 1. The van der Waals surface area contributed by atoms with Crippen LogP contribution in [0, 0.1) is 12.7 Å². The van der Waals surface area contributed by atoms with E-state index in [4.69, 9.17) is 9.47 Å². The average molecular weight is 212 g/mol. The number of benzene rings is 1. The second-order valence-electron chi connectivity index (χ2n) is 3.03. The smallest absolute Gasteiger partial charge is 0.338 e. The van der Waals surface area contributed by atoms with E-state index in [-0.39, 0.29) is 12.4 Å². The molecular weight excluding hydrogens is 199 g/mol. The number of esters is 1. The van der Waals surface area contributed by atoms with Crippen molar-refractivity contribution in [3.05, 3.63) is 29.1 Å². The number of rotatable bonds is 3. The molecule has 0 bridgehead atoms. The lowest BCUT2D eigenvalue weighted by Crippen LogP contribution is -2.06. The normalized spacial score (nSPS) is 9.87. The molecule has 0 heterocycles. The number of ether oxygens (including phenoxy) is 2. The number of halogens is 1. The van der Waals surface area contributed by atoms with E-state index < -0.39 is 11.8 Å². The Bertz CT molecular complexity index is 374. The van der Waals surface area contributed by atoms with Crippen molar-refractivity contribution in [1.29, 1.82) is 0 Å². The highest BCUT2D eigenvalue weighted by atomic mass is 19.1. The highest BCUT2D eigenvalue weighted by Crippen LogP contribution is 2.22. The summed E-state index contributed by atoms with van der Waals surface area (Å²) < 4.78 is 23.0. The zero-order valence-corrected chi connectivity index (χ0v) is 8.96. The molecule has 0 radical (unpaired) electrons. The van der Waals surface area contributed by atoms with Crippen LogP contribution in [0.15, 0.2) is 12.1 Å². The molecule has 0 saturated heterocycles. The Labute approximate surface area is 87.8 Å². The standard InChI is InChI=1S/C11H13FO3/c1-4-15-11(13)8-5-7(2)10(12)9(6-8)14-3/h5-6H,4H2,1-3H3. The van der Waals surface area contributed by atoms with Crippen LogP contribution in [0.4, 0.5) is 4.39 Å². The van der Waals surface area contributed by atoms with Crippen LogP contribution in [0.2, 0.25) is 0 Å². The van der Waals surface area contributed by atoms with E-state index in [0.717, 1.165) is 0 Å². The minimum absolute atomic E-state index is 0.0538. The fourth-order valence-corrected chi connectivity index (χ4v) is 1.22. The van der Waals surface area contributed by atoms with Gasteiger partial charge in [0.05, 0.1) is 19.3 Å². The van der Waals surface area contributed by atoms with Crippen LogP contribution in [-0.4, -0.2) is 19.7 Å². The summed E-state index contributed by atoms with van der Waals surface area (Å²) in [6, 6.07) is 2.77. The molecule has 3 nitrogen and oxygen atoms in total. The second kappa shape index (κ2) is 4.77. The molecule has 0 atom stereocenters. The Morgan fingerprint density at radius 2 is 2.13 bits per heavy atom. The summed E-state index contributed by atoms with van der Waals surface area (Å²) in [5.74, 6) is -0.873. The molecule has 1 aromatic carbocycles. The molecule has 1 aromatic rings. The van der Waals surface area contributed by atoms with E-state index in [1.165, 1.54) is 19.2 Å². The fourth-order valence-electron chi connectivity index (χ4n) is 1.22. The fraction of sp³-hybridized carbons (Fsp3) is 0.364. The van der Waals surface area contributed by atoms with Crippen molar-refractivity contribution < 1.29 is 18.7 Å². The summed E-state index contributed by atoms with van der Waals surface area (Å²) in [6.07, 6.45) is 0. The van der Waals surface area contributed by atoms with Crippen molar-refractivity contribution in [3.63, 3.8) is 0 Å². The molecule has 4 heteroatoms. The molecule has 82 valence electrons. The summed E-state index contributed by atoms with van der Waals surface area (Å²) in [5.41, 5.74) is 0.657. The first-order chi connectivity index (χ1) is 7.10. The molecule has 0 fully saturated rings. The summed E-state index contributed by atoms with van der Waals surface area (Å²) in [4.78, 5) is 11.4. The average Bonchev–Trinajstić information content (AvgIpc) is 2.22. The lowest BCUT2D eigenvalue weighted by Gasteiger charge is -2.07. The van der Waals surface area contributed by atoms with Crippen LogP contribution in [0.5, 0.6) is 5.75 Å². The number of hydrogen-bond donors (Lipinski definition) is 0.